The van der Waals surface area contributed by atoms with Crippen molar-refractivity contribution in [2.75, 3.05) is 0 Å². The summed E-state index contributed by atoms with van der Waals surface area (Å²) in [5.74, 6) is 0.608. The number of hydrogen-bond donors (Lipinski definition) is 1. The molecule has 0 spiro atoms. The predicted molar refractivity (Wildman–Crippen MR) is 84.7 cm³/mol. The highest BCUT2D eigenvalue weighted by Gasteiger charge is 2.19. The number of pyridine rings is 1. The summed E-state index contributed by atoms with van der Waals surface area (Å²) in [7, 11) is 0. The zero-order chi connectivity index (χ0) is 14.2. The molecular weight excluding hydrogens is 282 g/mol. The Labute approximate surface area is 125 Å². The van der Waals surface area contributed by atoms with Crippen molar-refractivity contribution >= 4 is 21.6 Å². The molecule has 0 aliphatic heterocycles. The molecule has 3 aromatic rings. The van der Waals surface area contributed by atoms with Gasteiger partial charge in [-0.15, -0.1) is 11.3 Å². The minimum atomic E-state index is -0.0155. The van der Waals surface area contributed by atoms with Crippen molar-refractivity contribution in [3.63, 3.8) is 0 Å². The molecule has 1 aliphatic carbocycles. The maximum Gasteiger partial charge on any atom is 0.260 e. The molecule has 5 heteroatoms. The number of aryl methyl sites for hydroxylation is 2. The molecule has 0 atom stereocenters. The van der Waals surface area contributed by atoms with Crippen LogP contribution in [0.25, 0.3) is 21.6 Å². The van der Waals surface area contributed by atoms with Gasteiger partial charge in [0.25, 0.3) is 5.56 Å². The third kappa shape index (κ3) is 2.17. The van der Waals surface area contributed by atoms with E-state index in [0.717, 1.165) is 28.6 Å². The van der Waals surface area contributed by atoms with Crippen LogP contribution in [0.2, 0.25) is 0 Å². The van der Waals surface area contributed by atoms with Gasteiger partial charge in [-0.1, -0.05) is 6.42 Å². The second-order valence-corrected chi connectivity index (χ2v) is 6.48. The molecular formula is C16H15N3OS. The fourth-order valence-corrected chi connectivity index (χ4v) is 4.24. The number of thiophene rings is 1. The molecule has 1 N–H and O–H groups in total. The summed E-state index contributed by atoms with van der Waals surface area (Å²) in [6, 6.07) is 3.76. The lowest BCUT2D eigenvalue weighted by Gasteiger charge is -2.01. The average Bonchev–Trinajstić information content (AvgIpc) is 2.71. The van der Waals surface area contributed by atoms with Crippen molar-refractivity contribution in [1.82, 2.24) is 15.0 Å². The van der Waals surface area contributed by atoms with Crippen LogP contribution in [0.4, 0.5) is 0 Å². The highest BCUT2D eigenvalue weighted by atomic mass is 32.1. The van der Waals surface area contributed by atoms with E-state index in [1.165, 1.54) is 29.7 Å². The molecule has 0 amide bonds. The first-order chi connectivity index (χ1) is 10.3. The van der Waals surface area contributed by atoms with Gasteiger partial charge in [0.15, 0.2) is 0 Å². The van der Waals surface area contributed by atoms with Gasteiger partial charge in [-0.25, -0.2) is 4.98 Å². The standard InChI is InChI=1S/C16H15N3OS/c20-15-13-11-6-2-1-3-7-12(11)21-16(13)19-14(18-15)10-5-4-8-17-9-10/h4-5,8-9H,1-3,6-7H2,(H,18,19,20). The fourth-order valence-electron chi connectivity index (χ4n) is 2.98. The second-order valence-electron chi connectivity index (χ2n) is 5.40. The summed E-state index contributed by atoms with van der Waals surface area (Å²) in [5.41, 5.74) is 2.07. The highest BCUT2D eigenvalue weighted by Crippen LogP contribution is 2.33. The molecule has 4 rings (SSSR count). The van der Waals surface area contributed by atoms with E-state index >= 15 is 0 Å². The van der Waals surface area contributed by atoms with E-state index in [9.17, 15) is 4.79 Å². The summed E-state index contributed by atoms with van der Waals surface area (Å²) in [5, 5.41) is 0.810. The van der Waals surface area contributed by atoms with Crippen LogP contribution in [-0.4, -0.2) is 15.0 Å². The molecule has 21 heavy (non-hydrogen) atoms. The number of nitrogens with one attached hydrogen (secondary N) is 1. The lowest BCUT2D eigenvalue weighted by atomic mass is 10.1. The summed E-state index contributed by atoms with van der Waals surface area (Å²) in [6.45, 7) is 0. The van der Waals surface area contributed by atoms with Gasteiger partial charge in [-0.2, -0.15) is 0 Å². The Morgan fingerprint density at radius 2 is 2.10 bits per heavy atom. The molecule has 4 nitrogen and oxygen atoms in total. The number of fused-ring (bicyclic) bond motifs is 3. The third-order valence-corrected chi connectivity index (χ3v) is 5.20. The molecule has 0 unspecified atom stereocenters. The molecule has 0 bridgehead atoms. The molecule has 0 radical (unpaired) electrons. The number of H-pyrrole nitrogens is 1. The first-order valence-corrected chi connectivity index (χ1v) is 8.09. The maximum absolute atomic E-state index is 12.5. The van der Waals surface area contributed by atoms with Gasteiger partial charge < -0.3 is 4.98 Å². The topological polar surface area (TPSA) is 58.6 Å². The molecule has 0 saturated heterocycles. The smallest absolute Gasteiger partial charge is 0.260 e. The monoisotopic (exact) mass is 297 g/mol. The molecule has 0 aromatic carbocycles. The lowest BCUT2D eigenvalue weighted by molar-refractivity contribution is 0.713. The number of rotatable bonds is 1. The Hall–Kier alpha value is -2.01. The minimum absolute atomic E-state index is 0.0155. The van der Waals surface area contributed by atoms with Gasteiger partial charge in [0.2, 0.25) is 0 Å². The van der Waals surface area contributed by atoms with Gasteiger partial charge in [0.05, 0.1) is 5.39 Å². The average molecular weight is 297 g/mol. The van der Waals surface area contributed by atoms with Crippen molar-refractivity contribution in [3.05, 3.63) is 45.3 Å². The van der Waals surface area contributed by atoms with Crippen molar-refractivity contribution in [2.45, 2.75) is 32.1 Å². The normalized spacial score (nSPS) is 14.9. The number of nitrogens with zero attached hydrogens (tertiary/aromatic N) is 2. The van der Waals surface area contributed by atoms with Crippen molar-refractivity contribution in [1.29, 1.82) is 0 Å². The van der Waals surface area contributed by atoms with E-state index in [1.54, 1.807) is 23.7 Å². The van der Waals surface area contributed by atoms with E-state index in [4.69, 9.17) is 0 Å². The zero-order valence-electron chi connectivity index (χ0n) is 11.6. The maximum atomic E-state index is 12.5. The van der Waals surface area contributed by atoms with E-state index in [-0.39, 0.29) is 5.56 Å². The van der Waals surface area contributed by atoms with E-state index in [2.05, 4.69) is 15.0 Å². The van der Waals surface area contributed by atoms with Crippen LogP contribution in [0.15, 0.2) is 29.3 Å². The van der Waals surface area contributed by atoms with Gasteiger partial charge in [-0.3, -0.25) is 9.78 Å². The van der Waals surface area contributed by atoms with Crippen LogP contribution < -0.4 is 5.56 Å². The molecule has 3 heterocycles. The van der Waals surface area contributed by atoms with Crippen LogP contribution in [0.1, 0.15) is 29.7 Å². The first kappa shape index (κ1) is 12.7. The Bertz CT molecular complexity index is 851. The minimum Gasteiger partial charge on any atom is -0.306 e. The van der Waals surface area contributed by atoms with E-state index in [1.807, 2.05) is 12.1 Å². The van der Waals surface area contributed by atoms with Gasteiger partial charge in [0.1, 0.15) is 10.7 Å². The summed E-state index contributed by atoms with van der Waals surface area (Å²) >= 11 is 1.68. The second kappa shape index (κ2) is 5.07. The largest absolute Gasteiger partial charge is 0.306 e. The van der Waals surface area contributed by atoms with Crippen molar-refractivity contribution < 1.29 is 0 Å². The van der Waals surface area contributed by atoms with Crippen molar-refractivity contribution in [2.24, 2.45) is 0 Å². The summed E-state index contributed by atoms with van der Waals surface area (Å²) in [6.07, 6.45) is 9.17. The van der Waals surface area contributed by atoms with Gasteiger partial charge in [-0.05, 0) is 43.4 Å². The van der Waals surface area contributed by atoms with Crippen LogP contribution in [0, 0.1) is 0 Å². The molecule has 106 valence electrons. The van der Waals surface area contributed by atoms with E-state index < -0.39 is 0 Å². The Balaban J connectivity index is 1.94. The van der Waals surface area contributed by atoms with Gasteiger partial charge in [0, 0.05) is 22.8 Å². The predicted octanol–water partition coefficient (Wildman–Crippen LogP) is 3.32. The highest BCUT2D eigenvalue weighted by molar-refractivity contribution is 7.18. The van der Waals surface area contributed by atoms with Crippen LogP contribution >= 0.6 is 11.3 Å². The molecule has 0 fully saturated rings. The van der Waals surface area contributed by atoms with Crippen LogP contribution in [0.5, 0.6) is 0 Å². The third-order valence-electron chi connectivity index (χ3n) is 4.01. The Morgan fingerprint density at radius 1 is 1.19 bits per heavy atom. The molecule has 1 aliphatic rings. The van der Waals surface area contributed by atoms with Crippen molar-refractivity contribution in [3.8, 4) is 11.4 Å². The first-order valence-electron chi connectivity index (χ1n) is 7.28. The van der Waals surface area contributed by atoms with E-state index in [0.29, 0.717) is 5.82 Å². The molecule has 3 aromatic heterocycles. The zero-order valence-corrected chi connectivity index (χ0v) is 12.4. The quantitative estimate of drug-likeness (QED) is 0.701. The Morgan fingerprint density at radius 3 is 2.95 bits per heavy atom. The van der Waals surface area contributed by atoms with Crippen LogP contribution in [-0.2, 0) is 12.8 Å². The molecule has 0 saturated carbocycles. The lowest BCUT2D eigenvalue weighted by Crippen LogP contribution is -2.10. The fraction of sp³-hybridized carbons (Fsp3) is 0.312. The number of aromatic amines is 1. The summed E-state index contributed by atoms with van der Waals surface area (Å²) < 4.78 is 0. The SMILES string of the molecule is O=c1[nH]c(-c2cccnc2)nc2sc3c(c12)CCCCC3. The Kier molecular flexibility index (Phi) is 3.07. The van der Waals surface area contributed by atoms with Crippen LogP contribution in [0.3, 0.4) is 0 Å². The van der Waals surface area contributed by atoms with Gasteiger partial charge >= 0.3 is 0 Å². The number of hydrogen-bond acceptors (Lipinski definition) is 4. The summed E-state index contributed by atoms with van der Waals surface area (Å²) in [4.78, 5) is 26.4. The number of aromatic nitrogens is 3.